The number of carboxylic acid groups (broad SMARTS) is 1. The van der Waals surface area contributed by atoms with Crippen LogP contribution in [0.25, 0.3) is 0 Å². The van der Waals surface area contributed by atoms with Gasteiger partial charge in [-0.3, -0.25) is 0 Å². The lowest BCUT2D eigenvalue weighted by molar-refractivity contribution is -0.144. The Labute approximate surface area is 94.5 Å². The molecular formula is C12H16O4. The fourth-order valence-corrected chi connectivity index (χ4v) is 1.34. The molecular weight excluding hydrogens is 208 g/mol. The van der Waals surface area contributed by atoms with Gasteiger partial charge in [0.1, 0.15) is 11.5 Å². The van der Waals surface area contributed by atoms with Gasteiger partial charge in [-0.25, -0.2) is 4.79 Å². The molecule has 1 aromatic rings. The largest absolute Gasteiger partial charge is 0.508 e. The van der Waals surface area contributed by atoms with E-state index in [9.17, 15) is 9.90 Å². The highest BCUT2D eigenvalue weighted by molar-refractivity contribution is 5.72. The van der Waals surface area contributed by atoms with E-state index in [-0.39, 0.29) is 11.7 Å². The van der Waals surface area contributed by atoms with Crippen LogP contribution in [0.2, 0.25) is 0 Å². The molecule has 2 N–H and O–H groups in total. The van der Waals surface area contributed by atoms with Crippen LogP contribution in [0.5, 0.6) is 11.5 Å². The Hall–Kier alpha value is -1.71. The highest BCUT2D eigenvalue weighted by Crippen LogP contribution is 2.29. The lowest BCUT2D eigenvalue weighted by atomic mass is 10.0. The van der Waals surface area contributed by atoms with E-state index in [4.69, 9.17) is 9.84 Å². The summed E-state index contributed by atoms with van der Waals surface area (Å²) in [6.07, 6.45) is -0.927. The number of phenols is 1. The van der Waals surface area contributed by atoms with Crippen LogP contribution in [0.1, 0.15) is 32.3 Å². The fraction of sp³-hybridized carbons (Fsp3) is 0.417. The highest BCUT2D eigenvalue weighted by Gasteiger charge is 2.14. The van der Waals surface area contributed by atoms with Crippen LogP contribution >= 0.6 is 0 Å². The predicted octanol–water partition coefficient (Wildman–Crippen LogP) is 2.37. The van der Waals surface area contributed by atoms with E-state index in [1.54, 1.807) is 12.1 Å². The fourth-order valence-electron chi connectivity index (χ4n) is 1.34. The zero-order valence-electron chi connectivity index (χ0n) is 9.60. The number of ether oxygens (including phenoxy) is 1. The van der Waals surface area contributed by atoms with Crippen LogP contribution in [0.3, 0.4) is 0 Å². The normalized spacial score (nSPS) is 12.5. The Balaban J connectivity index is 2.85. The minimum Gasteiger partial charge on any atom is -0.508 e. The van der Waals surface area contributed by atoms with Gasteiger partial charge in [0.05, 0.1) is 0 Å². The first-order chi connectivity index (χ1) is 7.41. The monoisotopic (exact) mass is 224 g/mol. The number of aromatic hydroxyl groups is 1. The number of rotatable bonds is 4. The summed E-state index contributed by atoms with van der Waals surface area (Å²) >= 11 is 0. The molecule has 88 valence electrons. The van der Waals surface area contributed by atoms with Crippen molar-refractivity contribution in [3.05, 3.63) is 23.8 Å². The summed E-state index contributed by atoms with van der Waals surface area (Å²) in [7, 11) is 0. The lowest BCUT2D eigenvalue weighted by Gasteiger charge is -2.13. The molecule has 0 spiro atoms. The average molecular weight is 224 g/mol. The Morgan fingerprint density at radius 1 is 1.31 bits per heavy atom. The molecule has 16 heavy (non-hydrogen) atoms. The van der Waals surface area contributed by atoms with Gasteiger partial charge in [-0.2, -0.15) is 0 Å². The summed E-state index contributed by atoms with van der Waals surface area (Å²) in [6.45, 7) is 5.38. The van der Waals surface area contributed by atoms with E-state index in [0.717, 1.165) is 5.56 Å². The third-order valence-electron chi connectivity index (χ3n) is 2.28. The maximum absolute atomic E-state index is 10.6. The number of hydrogen-bond donors (Lipinski definition) is 2. The van der Waals surface area contributed by atoms with Crippen LogP contribution in [-0.2, 0) is 4.79 Å². The first-order valence-electron chi connectivity index (χ1n) is 5.14. The topological polar surface area (TPSA) is 66.8 Å². The maximum atomic E-state index is 10.6. The van der Waals surface area contributed by atoms with Crippen molar-refractivity contribution in [2.75, 3.05) is 0 Å². The molecule has 0 saturated heterocycles. The molecule has 0 aliphatic heterocycles. The zero-order chi connectivity index (χ0) is 12.3. The van der Waals surface area contributed by atoms with Gasteiger partial charge in [-0.15, -0.1) is 0 Å². The van der Waals surface area contributed by atoms with Crippen molar-refractivity contribution in [1.29, 1.82) is 0 Å². The predicted molar refractivity (Wildman–Crippen MR) is 59.9 cm³/mol. The smallest absolute Gasteiger partial charge is 0.344 e. The first kappa shape index (κ1) is 12.4. The summed E-state index contributed by atoms with van der Waals surface area (Å²) in [6, 6.07) is 4.84. The second-order valence-corrected chi connectivity index (χ2v) is 3.97. The van der Waals surface area contributed by atoms with Gasteiger partial charge < -0.3 is 14.9 Å². The molecule has 1 atom stereocenters. The molecule has 0 aromatic heterocycles. The summed E-state index contributed by atoms with van der Waals surface area (Å²) < 4.78 is 5.13. The summed E-state index contributed by atoms with van der Waals surface area (Å²) in [5.41, 5.74) is 0.815. The molecule has 0 radical (unpaired) electrons. The molecule has 0 saturated carbocycles. The van der Waals surface area contributed by atoms with E-state index < -0.39 is 12.1 Å². The van der Waals surface area contributed by atoms with Crippen molar-refractivity contribution >= 4 is 5.97 Å². The zero-order valence-corrected chi connectivity index (χ0v) is 9.60. The van der Waals surface area contributed by atoms with E-state index in [1.165, 1.54) is 13.0 Å². The second-order valence-electron chi connectivity index (χ2n) is 3.97. The van der Waals surface area contributed by atoms with Crippen LogP contribution in [0, 0.1) is 0 Å². The standard InChI is InChI=1S/C12H16O4/c1-7(2)10-5-4-9(6-11(10)13)16-8(3)12(14)15/h4-8,13H,1-3H3,(H,14,15). The van der Waals surface area contributed by atoms with Crippen molar-refractivity contribution < 1.29 is 19.7 Å². The number of hydrogen-bond acceptors (Lipinski definition) is 3. The number of benzene rings is 1. The number of aliphatic carboxylic acids is 1. The quantitative estimate of drug-likeness (QED) is 0.823. The molecule has 0 fully saturated rings. The summed E-state index contributed by atoms with van der Waals surface area (Å²) in [5.74, 6) is -0.333. The van der Waals surface area contributed by atoms with Crippen molar-refractivity contribution in [2.24, 2.45) is 0 Å². The van der Waals surface area contributed by atoms with E-state index in [2.05, 4.69) is 0 Å². The molecule has 0 amide bonds. The highest BCUT2D eigenvalue weighted by atomic mass is 16.5. The van der Waals surface area contributed by atoms with Crippen LogP contribution in [-0.4, -0.2) is 22.3 Å². The molecule has 4 heteroatoms. The minimum atomic E-state index is -1.03. The van der Waals surface area contributed by atoms with Crippen LogP contribution in [0.15, 0.2) is 18.2 Å². The van der Waals surface area contributed by atoms with E-state index >= 15 is 0 Å². The molecule has 0 bridgehead atoms. The molecule has 4 nitrogen and oxygen atoms in total. The maximum Gasteiger partial charge on any atom is 0.344 e. The second kappa shape index (κ2) is 4.88. The molecule has 0 aliphatic rings. The summed E-state index contributed by atoms with van der Waals surface area (Å²) in [5, 5.41) is 18.4. The number of carbonyl (C=O) groups is 1. The molecule has 1 rings (SSSR count). The molecule has 0 heterocycles. The van der Waals surface area contributed by atoms with Gasteiger partial charge >= 0.3 is 5.97 Å². The third kappa shape index (κ3) is 2.89. The number of phenolic OH excluding ortho intramolecular Hbond substituents is 1. The van der Waals surface area contributed by atoms with Gasteiger partial charge in [0, 0.05) is 6.07 Å². The van der Waals surface area contributed by atoms with Gasteiger partial charge in [0.15, 0.2) is 6.10 Å². The third-order valence-corrected chi connectivity index (χ3v) is 2.28. The summed E-state index contributed by atoms with van der Waals surface area (Å²) in [4.78, 5) is 10.6. The van der Waals surface area contributed by atoms with Crippen molar-refractivity contribution in [3.63, 3.8) is 0 Å². The van der Waals surface area contributed by atoms with Gasteiger partial charge in [-0.05, 0) is 24.5 Å². The Morgan fingerprint density at radius 2 is 1.94 bits per heavy atom. The van der Waals surface area contributed by atoms with Crippen LogP contribution < -0.4 is 4.74 Å². The van der Waals surface area contributed by atoms with Crippen LogP contribution in [0.4, 0.5) is 0 Å². The number of carboxylic acids is 1. The Kier molecular flexibility index (Phi) is 3.77. The van der Waals surface area contributed by atoms with Crippen molar-refractivity contribution in [2.45, 2.75) is 32.8 Å². The van der Waals surface area contributed by atoms with Gasteiger partial charge in [0.2, 0.25) is 0 Å². The van der Waals surface area contributed by atoms with Gasteiger partial charge in [-0.1, -0.05) is 19.9 Å². The van der Waals surface area contributed by atoms with Gasteiger partial charge in [0.25, 0.3) is 0 Å². The Bertz CT molecular complexity index is 385. The van der Waals surface area contributed by atoms with Crippen molar-refractivity contribution in [3.8, 4) is 11.5 Å². The lowest BCUT2D eigenvalue weighted by Crippen LogP contribution is -2.22. The SMILES string of the molecule is CC(Oc1ccc(C(C)C)c(O)c1)C(=O)O. The molecule has 1 aromatic carbocycles. The molecule has 0 aliphatic carbocycles. The van der Waals surface area contributed by atoms with E-state index in [1.807, 2.05) is 13.8 Å². The minimum absolute atomic E-state index is 0.130. The molecule has 1 unspecified atom stereocenters. The van der Waals surface area contributed by atoms with E-state index in [0.29, 0.717) is 5.75 Å². The first-order valence-corrected chi connectivity index (χ1v) is 5.14. The van der Waals surface area contributed by atoms with Crippen molar-refractivity contribution in [1.82, 2.24) is 0 Å². The Morgan fingerprint density at radius 3 is 2.38 bits per heavy atom. The average Bonchev–Trinajstić information content (AvgIpc) is 2.16.